The quantitative estimate of drug-likeness (QED) is 0.814. The van der Waals surface area contributed by atoms with Crippen molar-refractivity contribution < 1.29 is 4.74 Å². The zero-order chi connectivity index (χ0) is 17.5. The normalized spacial score (nSPS) is 18.0. The molecule has 2 N–H and O–H groups in total. The first-order valence-electron chi connectivity index (χ1n) is 8.54. The van der Waals surface area contributed by atoms with Crippen molar-refractivity contribution in [3.63, 3.8) is 0 Å². The van der Waals surface area contributed by atoms with Crippen molar-refractivity contribution in [3.8, 4) is 11.5 Å². The number of hydrazone groups is 1. The van der Waals surface area contributed by atoms with Crippen LogP contribution in [-0.2, 0) is 0 Å². The number of amidine groups is 2. The molecule has 3 aliphatic rings. The summed E-state index contributed by atoms with van der Waals surface area (Å²) in [6.07, 6.45) is 2.24. The number of benzene rings is 2. The van der Waals surface area contributed by atoms with E-state index < -0.39 is 0 Å². The number of rotatable bonds is 3. The van der Waals surface area contributed by atoms with Crippen LogP contribution in [0.5, 0.6) is 11.5 Å². The fraction of sp³-hybridized carbons (Fsp3) is 0.222. The van der Waals surface area contributed by atoms with Crippen molar-refractivity contribution in [3.05, 3.63) is 48.0 Å². The number of anilines is 1. The third-order valence-corrected chi connectivity index (χ3v) is 5.42. The van der Waals surface area contributed by atoms with E-state index in [0.717, 1.165) is 40.8 Å². The number of hydrazine groups is 2. The average Bonchev–Trinajstić information content (AvgIpc) is 3.30. The van der Waals surface area contributed by atoms with Crippen LogP contribution in [0.15, 0.2) is 56.9 Å². The van der Waals surface area contributed by atoms with Crippen molar-refractivity contribution in [2.24, 2.45) is 9.50 Å². The Kier molecular flexibility index (Phi) is 3.72. The molecule has 0 saturated carbocycles. The summed E-state index contributed by atoms with van der Waals surface area (Å²) in [6, 6.07) is 14.1. The molecular formula is C18H18N6OS. The molecular weight excluding hydrogens is 348 g/mol. The summed E-state index contributed by atoms with van der Waals surface area (Å²) in [5.74, 6) is 3.58. The van der Waals surface area contributed by atoms with E-state index in [0.29, 0.717) is 0 Å². The predicted octanol–water partition coefficient (Wildman–Crippen LogP) is 3.11. The van der Waals surface area contributed by atoms with E-state index in [-0.39, 0.29) is 0 Å². The SMILES string of the molecule is CN1NNN=C1c1cccc(Oc2ccc3c(c2)SN=C2CCCN23)c1. The number of nitrogens with zero attached hydrogens (tertiary/aromatic N) is 4. The molecule has 132 valence electrons. The van der Waals surface area contributed by atoms with Gasteiger partial charge in [-0.05, 0) is 36.8 Å². The Bertz CT molecular complexity index is 928. The van der Waals surface area contributed by atoms with Gasteiger partial charge in [-0.2, -0.15) is 4.40 Å². The molecule has 8 heteroatoms. The highest BCUT2D eigenvalue weighted by molar-refractivity contribution is 7.98. The summed E-state index contributed by atoms with van der Waals surface area (Å²) in [4.78, 5) is 3.45. The molecule has 0 bridgehead atoms. The summed E-state index contributed by atoms with van der Waals surface area (Å²) in [5.41, 5.74) is 7.86. The minimum Gasteiger partial charge on any atom is -0.457 e. The smallest absolute Gasteiger partial charge is 0.172 e. The minimum atomic E-state index is 0.775. The topological polar surface area (TPSA) is 64.5 Å². The van der Waals surface area contributed by atoms with Crippen molar-refractivity contribution >= 4 is 29.3 Å². The zero-order valence-electron chi connectivity index (χ0n) is 14.3. The maximum Gasteiger partial charge on any atom is 0.172 e. The Morgan fingerprint density at radius 1 is 1.15 bits per heavy atom. The van der Waals surface area contributed by atoms with Crippen LogP contribution in [0.1, 0.15) is 18.4 Å². The second kappa shape index (κ2) is 6.22. The Hall–Kier alpha value is -2.71. The molecule has 2 aromatic rings. The monoisotopic (exact) mass is 366 g/mol. The van der Waals surface area contributed by atoms with E-state index >= 15 is 0 Å². The second-order valence-corrected chi connectivity index (χ2v) is 7.14. The molecule has 7 nitrogen and oxygen atoms in total. The molecule has 1 fully saturated rings. The summed E-state index contributed by atoms with van der Waals surface area (Å²) < 4.78 is 10.7. The van der Waals surface area contributed by atoms with Gasteiger partial charge in [0.15, 0.2) is 5.84 Å². The van der Waals surface area contributed by atoms with E-state index in [1.54, 1.807) is 0 Å². The van der Waals surface area contributed by atoms with Gasteiger partial charge < -0.3 is 9.64 Å². The molecule has 0 radical (unpaired) electrons. The third kappa shape index (κ3) is 2.67. The van der Waals surface area contributed by atoms with E-state index in [4.69, 9.17) is 4.74 Å². The lowest BCUT2D eigenvalue weighted by molar-refractivity contribution is 0.349. The van der Waals surface area contributed by atoms with Gasteiger partial charge in [0.2, 0.25) is 0 Å². The van der Waals surface area contributed by atoms with Crippen molar-refractivity contribution in [2.45, 2.75) is 17.7 Å². The van der Waals surface area contributed by atoms with Gasteiger partial charge >= 0.3 is 0 Å². The number of ether oxygens (including phenoxy) is 1. The Morgan fingerprint density at radius 3 is 2.96 bits per heavy atom. The number of hydrogen-bond acceptors (Lipinski definition) is 8. The van der Waals surface area contributed by atoms with Crippen LogP contribution in [-0.4, -0.2) is 30.3 Å². The van der Waals surface area contributed by atoms with Gasteiger partial charge in [-0.3, -0.25) is 5.01 Å². The number of fused-ring (bicyclic) bond motifs is 3. The van der Waals surface area contributed by atoms with Gasteiger partial charge in [0.05, 0.1) is 10.6 Å². The van der Waals surface area contributed by atoms with Crippen LogP contribution in [0, 0.1) is 0 Å². The highest BCUT2D eigenvalue weighted by atomic mass is 32.2. The lowest BCUT2D eigenvalue weighted by atomic mass is 10.2. The molecule has 2 aromatic carbocycles. The van der Waals surface area contributed by atoms with Crippen LogP contribution in [0.4, 0.5) is 5.69 Å². The molecule has 0 aliphatic carbocycles. The predicted molar refractivity (Wildman–Crippen MR) is 103 cm³/mol. The standard InChI is InChI=1S/C18H18N6OS/c1-23-18(19-21-22-23)12-4-2-5-13(10-12)25-14-7-8-15-16(11-14)26-20-17-6-3-9-24(15)17/h2,4-5,7-8,10-11,21-22H,3,6,9H2,1H3. The highest BCUT2D eigenvalue weighted by Gasteiger charge is 2.26. The fourth-order valence-electron chi connectivity index (χ4n) is 3.34. The van der Waals surface area contributed by atoms with Gasteiger partial charge in [-0.15, -0.1) is 10.6 Å². The molecule has 0 unspecified atom stereocenters. The van der Waals surface area contributed by atoms with Crippen molar-refractivity contribution in [1.29, 1.82) is 0 Å². The summed E-state index contributed by atoms with van der Waals surface area (Å²) in [6.45, 7) is 1.05. The molecule has 0 amide bonds. The van der Waals surface area contributed by atoms with Crippen LogP contribution < -0.4 is 20.7 Å². The first-order valence-corrected chi connectivity index (χ1v) is 9.31. The van der Waals surface area contributed by atoms with Gasteiger partial charge in [0, 0.05) is 37.5 Å². The Morgan fingerprint density at radius 2 is 2.08 bits per heavy atom. The molecule has 5 rings (SSSR count). The Labute approximate surface area is 155 Å². The molecule has 1 saturated heterocycles. The Balaban J connectivity index is 1.40. The zero-order valence-corrected chi connectivity index (χ0v) is 15.1. The molecule has 3 aliphatic heterocycles. The first-order chi connectivity index (χ1) is 12.8. The van der Waals surface area contributed by atoms with E-state index in [2.05, 4.69) is 37.6 Å². The lowest BCUT2D eigenvalue weighted by Gasteiger charge is -2.25. The highest BCUT2D eigenvalue weighted by Crippen LogP contribution is 2.41. The summed E-state index contributed by atoms with van der Waals surface area (Å²) in [7, 11) is 1.90. The second-order valence-electron chi connectivity index (χ2n) is 6.33. The molecule has 0 spiro atoms. The van der Waals surface area contributed by atoms with Gasteiger partial charge in [0.1, 0.15) is 17.3 Å². The van der Waals surface area contributed by atoms with Crippen LogP contribution in [0.2, 0.25) is 0 Å². The van der Waals surface area contributed by atoms with Crippen molar-refractivity contribution in [1.82, 2.24) is 16.1 Å². The maximum atomic E-state index is 6.10. The van der Waals surface area contributed by atoms with Gasteiger partial charge in [-0.25, -0.2) is 5.53 Å². The number of hydrogen-bond donors (Lipinski definition) is 2. The van der Waals surface area contributed by atoms with E-state index in [1.165, 1.54) is 29.9 Å². The first kappa shape index (κ1) is 15.5. The summed E-state index contributed by atoms with van der Waals surface area (Å²) in [5, 5.41) is 6.05. The van der Waals surface area contributed by atoms with E-state index in [1.807, 2.05) is 42.4 Å². The maximum absolute atomic E-state index is 6.10. The molecule has 0 atom stereocenters. The summed E-state index contributed by atoms with van der Waals surface area (Å²) >= 11 is 1.54. The van der Waals surface area contributed by atoms with Gasteiger partial charge in [-0.1, -0.05) is 12.1 Å². The van der Waals surface area contributed by atoms with Gasteiger partial charge in [0.25, 0.3) is 0 Å². The third-order valence-electron chi connectivity index (χ3n) is 4.59. The van der Waals surface area contributed by atoms with Crippen molar-refractivity contribution in [2.75, 3.05) is 18.5 Å². The van der Waals surface area contributed by atoms with Crippen LogP contribution >= 0.6 is 11.9 Å². The van der Waals surface area contributed by atoms with Crippen LogP contribution in [0.25, 0.3) is 0 Å². The number of nitrogens with one attached hydrogen (secondary N) is 2. The lowest BCUT2D eigenvalue weighted by Crippen LogP contribution is -2.37. The fourth-order valence-corrected chi connectivity index (χ4v) is 4.18. The average molecular weight is 366 g/mol. The van der Waals surface area contributed by atoms with E-state index in [9.17, 15) is 0 Å². The largest absolute Gasteiger partial charge is 0.457 e. The molecule has 26 heavy (non-hydrogen) atoms. The molecule has 3 heterocycles. The van der Waals surface area contributed by atoms with Crippen LogP contribution in [0.3, 0.4) is 0 Å². The minimum absolute atomic E-state index is 0.775. The molecule has 0 aromatic heterocycles.